The minimum Gasteiger partial charge on any atom is -0.309 e. The van der Waals surface area contributed by atoms with Gasteiger partial charge in [0, 0.05) is 32.7 Å². The maximum Gasteiger partial charge on any atom is 0.420 e. The lowest BCUT2D eigenvalue weighted by Gasteiger charge is -2.23. The standard InChI is InChI=1S/C56H32F3N5/c57-56(58,59)55-53(63-49-15-6-4-11-43(49)45-29-40(25-27-51(45)63)37-21-17-35(33-60)18-22-37)31-42(48-14-8-13-47(62-48)39-9-2-1-3-10-39)32-54(55)64-50-16-7-5-12-44(50)46-30-41(26-28-52(46)64)38-23-19-36(34-61)20-24-38/h1-32H. The third-order valence-electron chi connectivity index (χ3n) is 12.0. The van der Waals surface area contributed by atoms with Crippen LogP contribution in [0, 0.1) is 22.7 Å². The Kier molecular flexibility index (Phi) is 8.97. The van der Waals surface area contributed by atoms with Crippen LogP contribution in [0.25, 0.3) is 99.8 Å². The number of alkyl halides is 3. The molecule has 0 atom stereocenters. The van der Waals surface area contributed by atoms with Crippen molar-refractivity contribution < 1.29 is 13.2 Å². The number of hydrogen-bond donors (Lipinski definition) is 0. The lowest BCUT2D eigenvalue weighted by molar-refractivity contribution is -0.137. The molecule has 0 aliphatic carbocycles. The van der Waals surface area contributed by atoms with Gasteiger partial charge >= 0.3 is 6.18 Å². The summed E-state index contributed by atoms with van der Waals surface area (Å²) in [4.78, 5) is 5.07. The van der Waals surface area contributed by atoms with Gasteiger partial charge in [0.05, 0.1) is 68.1 Å². The predicted octanol–water partition coefficient (Wildman–Crippen LogP) is 14.7. The van der Waals surface area contributed by atoms with Crippen LogP contribution in [0.4, 0.5) is 13.2 Å². The largest absolute Gasteiger partial charge is 0.420 e. The second-order valence-electron chi connectivity index (χ2n) is 15.7. The molecule has 8 aromatic carbocycles. The highest BCUT2D eigenvalue weighted by atomic mass is 19.4. The minimum atomic E-state index is -4.83. The zero-order valence-electron chi connectivity index (χ0n) is 33.8. The molecule has 11 aromatic rings. The number of nitrogens with zero attached hydrogens (tertiary/aromatic N) is 5. The number of benzene rings is 8. The fourth-order valence-corrected chi connectivity index (χ4v) is 9.07. The van der Waals surface area contributed by atoms with Crippen LogP contribution in [-0.2, 0) is 6.18 Å². The van der Waals surface area contributed by atoms with Crippen molar-refractivity contribution in [3.8, 4) is 68.3 Å². The molecule has 3 aromatic heterocycles. The molecular weight excluding hydrogens is 800 g/mol. The number of pyridine rings is 1. The van der Waals surface area contributed by atoms with Crippen LogP contribution in [-0.4, -0.2) is 14.1 Å². The van der Waals surface area contributed by atoms with Crippen LogP contribution >= 0.6 is 0 Å². The Morgan fingerprint density at radius 1 is 0.375 bits per heavy atom. The second kappa shape index (κ2) is 15.0. The van der Waals surface area contributed by atoms with E-state index in [0.29, 0.717) is 50.1 Å². The van der Waals surface area contributed by atoms with Crippen LogP contribution < -0.4 is 0 Å². The topological polar surface area (TPSA) is 70.3 Å². The van der Waals surface area contributed by atoms with Gasteiger partial charge in [0.2, 0.25) is 0 Å². The molecule has 0 amide bonds. The Bertz CT molecular complexity index is 3520. The minimum absolute atomic E-state index is 0.0376. The molecule has 11 rings (SSSR count). The molecule has 0 spiro atoms. The molecule has 0 radical (unpaired) electrons. The van der Waals surface area contributed by atoms with E-state index in [1.807, 2.05) is 158 Å². The Hall–Kier alpha value is -8.72. The summed E-state index contributed by atoms with van der Waals surface area (Å²) in [6, 6.07) is 64.2. The first kappa shape index (κ1) is 38.2. The summed E-state index contributed by atoms with van der Waals surface area (Å²) in [5.41, 5.74) is 8.77. The molecule has 3 heterocycles. The quantitative estimate of drug-likeness (QED) is 0.168. The Balaban J connectivity index is 1.23. The fourth-order valence-electron chi connectivity index (χ4n) is 9.07. The average Bonchev–Trinajstić information content (AvgIpc) is 3.86. The highest BCUT2D eigenvalue weighted by molar-refractivity contribution is 6.12. The summed E-state index contributed by atoms with van der Waals surface area (Å²) in [7, 11) is 0. The van der Waals surface area contributed by atoms with Crippen LogP contribution in [0.15, 0.2) is 194 Å². The maximum atomic E-state index is 16.5. The molecule has 0 fully saturated rings. The number of aromatic nitrogens is 3. The molecule has 0 saturated carbocycles. The molecule has 0 saturated heterocycles. The molecule has 64 heavy (non-hydrogen) atoms. The summed E-state index contributed by atoms with van der Waals surface area (Å²) >= 11 is 0. The van der Waals surface area contributed by atoms with E-state index in [1.165, 1.54) is 0 Å². The van der Waals surface area contributed by atoms with Gasteiger partial charge in [-0.25, -0.2) is 4.98 Å². The molecular formula is C56H32F3N5. The summed E-state index contributed by atoms with van der Waals surface area (Å²) in [5, 5.41) is 22.0. The van der Waals surface area contributed by atoms with Crippen molar-refractivity contribution in [1.82, 2.24) is 14.1 Å². The van der Waals surface area contributed by atoms with E-state index in [1.54, 1.807) is 45.5 Å². The van der Waals surface area contributed by atoms with Gasteiger partial charge in [0.1, 0.15) is 5.56 Å². The second-order valence-corrected chi connectivity index (χ2v) is 15.7. The van der Waals surface area contributed by atoms with Crippen LogP contribution in [0.1, 0.15) is 16.7 Å². The summed E-state index contributed by atoms with van der Waals surface area (Å²) in [5.74, 6) is 0. The molecule has 0 aliphatic rings. The van der Waals surface area contributed by atoms with Crippen molar-refractivity contribution in [1.29, 1.82) is 10.5 Å². The predicted molar refractivity (Wildman–Crippen MR) is 249 cm³/mol. The number of para-hydroxylation sites is 2. The SMILES string of the molecule is N#Cc1ccc(-c2ccc3c(c2)c2ccccc2n3-c2cc(-c3cccc(-c4ccccc4)n3)cc(-n3c4ccccc4c4cc(-c5ccc(C#N)cc5)ccc43)c2C(F)(F)F)cc1. The molecule has 0 unspecified atom stereocenters. The molecule has 0 N–H and O–H groups in total. The maximum absolute atomic E-state index is 16.5. The van der Waals surface area contributed by atoms with Crippen molar-refractivity contribution in [2.24, 2.45) is 0 Å². The smallest absolute Gasteiger partial charge is 0.309 e. The third-order valence-corrected chi connectivity index (χ3v) is 12.0. The van der Waals surface area contributed by atoms with Crippen LogP contribution in [0.5, 0.6) is 0 Å². The van der Waals surface area contributed by atoms with Crippen LogP contribution in [0.3, 0.4) is 0 Å². The summed E-state index contributed by atoms with van der Waals surface area (Å²) < 4.78 is 53.0. The number of fused-ring (bicyclic) bond motifs is 6. The van der Waals surface area contributed by atoms with E-state index in [0.717, 1.165) is 49.4 Å². The first-order chi connectivity index (χ1) is 31.3. The number of rotatable bonds is 6. The Morgan fingerprint density at radius 3 is 1.27 bits per heavy atom. The van der Waals surface area contributed by atoms with Gasteiger partial charge in [-0.1, -0.05) is 109 Å². The lowest BCUT2D eigenvalue weighted by atomic mass is 10.0. The highest BCUT2D eigenvalue weighted by Gasteiger charge is 2.39. The molecule has 0 bridgehead atoms. The van der Waals surface area contributed by atoms with E-state index in [9.17, 15) is 10.5 Å². The Morgan fingerprint density at radius 2 is 0.797 bits per heavy atom. The summed E-state index contributed by atoms with van der Waals surface area (Å²) in [6.07, 6.45) is -4.83. The van der Waals surface area contributed by atoms with Gasteiger partial charge < -0.3 is 9.13 Å². The first-order valence-electron chi connectivity index (χ1n) is 20.6. The van der Waals surface area contributed by atoms with Crippen molar-refractivity contribution in [2.75, 3.05) is 0 Å². The van der Waals surface area contributed by atoms with E-state index >= 15 is 13.2 Å². The zero-order valence-corrected chi connectivity index (χ0v) is 33.8. The van der Waals surface area contributed by atoms with E-state index in [2.05, 4.69) is 12.1 Å². The molecule has 302 valence electrons. The van der Waals surface area contributed by atoms with Gasteiger partial charge in [-0.15, -0.1) is 0 Å². The monoisotopic (exact) mass is 831 g/mol. The Labute approximate surface area is 365 Å². The number of hydrogen-bond acceptors (Lipinski definition) is 3. The normalized spacial score (nSPS) is 11.6. The lowest BCUT2D eigenvalue weighted by Crippen LogP contribution is -2.16. The van der Waals surface area contributed by atoms with E-state index in [4.69, 9.17) is 4.98 Å². The fraction of sp³-hybridized carbons (Fsp3) is 0.0179. The van der Waals surface area contributed by atoms with Crippen molar-refractivity contribution in [3.63, 3.8) is 0 Å². The van der Waals surface area contributed by atoms with E-state index in [-0.39, 0.29) is 11.4 Å². The van der Waals surface area contributed by atoms with Gasteiger partial charge in [0.25, 0.3) is 0 Å². The third kappa shape index (κ3) is 6.36. The van der Waals surface area contributed by atoms with Crippen LogP contribution in [0.2, 0.25) is 0 Å². The van der Waals surface area contributed by atoms with Crippen molar-refractivity contribution >= 4 is 43.6 Å². The van der Waals surface area contributed by atoms with Gasteiger partial charge in [0.15, 0.2) is 0 Å². The number of nitriles is 2. The molecule has 8 heteroatoms. The summed E-state index contributed by atoms with van der Waals surface area (Å²) in [6.45, 7) is 0. The van der Waals surface area contributed by atoms with E-state index < -0.39 is 11.7 Å². The van der Waals surface area contributed by atoms with Gasteiger partial charge in [-0.05, 0) is 107 Å². The number of halogens is 3. The van der Waals surface area contributed by atoms with Crippen molar-refractivity contribution in [2.45, 2.75) is 6.18 Å². The van der Waals surface area contributed by atoms with Gasteiger partial charge in [-0.3, -0.25) is 0 Å². The molecule has 0 aliphatic heterocycles. The first-order valence-corrected chi connectivity index (χ1v) is 20.6. The van der Waals surface area contributed by atoms with Gasteiger partial charge in [-0.2, -0.15) is 23.7 Å². The van der Waals surface area contributed by atoms with Crippen molar-refractivity contribution in [3.05, 3.63) is 211 Å². The highest BCUT2D eigenvalue weighted by Crippen LogP contribution is 2.47. The molecule has 5 nitrogen and oxygen atoms in total. The average molecular weight is 832 g/mol. The zero-order chi connectivity index (χ0) is 43.5.